The minimum absolute atomic E-state index is 0.104. The van der Waals surface area contributed by atoms with E-state index in [1.807, 2.05) is 0 Å². The van der Waals surface area contributed by atoms with Gasteiger partial charge in [0.15, 0.2) is 0 Å². The van der Waals surface area contributed by atoms with Gasteiger partial charge in [0, 0.05) is 32.7 Å². The van der Waals surface area contributed by atoms with Gasteiger partial charge in [0.25, 0.3) is 0 Å². The minimum atomic E-state index is -1.06. The number of amides is 2. The van der Waals surface area contributed by atoms with Gasteiger partial charge in [0.2, 0.25) is 0 Å². The average molecular weight is 271 g/mol. The minimum Gasteiger partial charge on any atom is -0.480 e. The van der Waals surface area contributed by atoms with Crippen LogP contribution in [0.2, 0.25) is 0 Å². The number of aliphatic hydroxyl groups excluding tert-OH is 1. The SMILES string of the molecule is C=CCC(NC(=O)N1CCN(CCO)CC1)C(=O)O. The second kappa shape index (κ2) is 7.75. The van der Waals surface area contributed by atoms with E-state index in [2.05, 4.69) is 16.8 Å². The number of aliphatic hydroxyl groups is 1. The largest absolute Gasteiger partial charge is 0.480 e. The summed E-state index contributed by atoms with van der Waals surface area (Å²) in [4.78, 5) is 26.5. The molecule has 1 unspecified atom stereocenters. The van der Waals surface area contributed by atoms with Gasteiger partial charge in [-0.25, -0.2) is 9.59 Å². The number of nitrogens with zero attached hydrogens (tertiary/aromatic N) is 2. The number of carboxylic acid groups (broad SMARTS) is 1. The van der Waals surface area contributed by atoms with Crippen molar-refractivity contribution >= 4 is 12.0 Å². The van der Waals surface area contributed by atoms with E-state index in [-0.39, 0.29) is 19.1 Å². The third kappa shape index (κ3) is 4.88. The number of nitrogens with one attached hydrogen (secondary N) is 1. The Morgan fingerprint density at radius 1 is 1.32 bits per heavy atom. The number of carboxylic acids is 1. The van der Waals surface area contributed by atoms with E-state index in [0.717, 1.165) is 0 Å². The molecule has 1 saturated heterocycles. The summed E-state index contributed by atoms with van der Waals surface area (Å²) in [6.45, 7) is 6.62. The van der Waals surface area contributed by atoms with Gasteiger partial charge in [0.05, 0.1) is 6.61 Å². The number of piperazine rings is 1. The van der Waals surface area contributed by atoms with Gasteiger partial charge in [-0.05, 0) is 6.42 Å². The van der Waals surface area contributed by atoms with Crippen LogP contribution < -0.4 is 5.32 Å². The van der Waals surface area contributed by atoms with Crippen LogP contribution in [0.5, 0.6) is 0 Å². The molecule has 7 nitrogen and oxygen atoms in total. The summed E-state index contributed by atoms with van der Waals surface area (Å²) in [6.07, 6.45) is 1.67. The second-order valence-corrected chi connectivity index (χ2v) is 4.42. The summed E-state index contributed by atoms with van der Waals surface area (Å²) < 4.78 is 0. The van der Waals surface area contributed by atoms with Crippen molar-refractivity contribution in [2.45, 2.75) is 12.5 Å². The Labute approximate surface area is 112 Å². The fraction of sp³-hybridized carbons (Fsp3) is 0.667. The number of urea groups is 1. The maximum Gasteiger partial charge on any atom is 0.326 e. The number of carbonyl (C=O) groups is 2. The fourth-order valence-electron chi connectivity index (χ4n) is 1.94. The van der Waals surface area contributed by atoms with Crippen molar-refractivity contribution in [2.24, 2.45) is 0 Å². The molecule has 3 N–H and O–H groups in total. The Bertz CT molecular complexity index is 327. The molecule has 0 aromatic heterocycles. The van der Waals surface area contributed by atoms with Gasteiger partial charge in [-0.3, -0.25) is 4.90 Å². The molecule has 1 atom stereocenters. The van der Waals surface area contributed by atoms with Crippen molar-refractivity contribution in [3.63, 3.8) is 0 Å². The van der Waals surface area contributed by atoms with Gasteiger partial charge in [0.1, 0.15) is 6.04 Å². The second-order valence-electron chi connectivity index (χ2n) is 4.42. The summed E-state index contributed by atoms with van der Waals surface area (Å²) in [5.41, 5.74) is 0. The number of β-amino-alcohol motifs (C(OH)–C–C–N with tert-alkyl or cyclic N) is 1. The van der Waals surface area contributed by atoms with E-state index >= 15 is 0 Å². The van der Waals surface area contributed by atoms with Crippen molar-refractivity contribution in [3.8, 4) is 0 Å². The van der Waals surface area contributed by atoms with Crippen molar-refractivity contribution < 1.29 is 19.8 Å². The zero-order valence-corrected chi connectivity index (χ0v) is 10.9. The van der Waals surface area contributed by atoms with Crippen LogP contribution in [-0.4, -0.2) is 77.4 Å². The monoisotopic (exact) mass is 271 g/mol. The predicted octanol–water partition coefficient (Wildman–Crippen LogP) is -0.665. The summed E-state index contributed by atoms with van der Waals surface area (Å²) in [6, 6.07) is -1.29. The quantitative estimate of drug-likeness (QED) is 0.557. The van der Waals surface area contributed by atoms with E-state index in [4.69, 9.17) is 10.2 Å². The van der Waals surface area contributed by atoms with E-state index < -0.39 is 12.0 Å². The van der Waals surface area contributed by atoms with Crippen LogP contribution in [0.3, 0.4) is 0 Å². The molecule has 0 saturated carbocycles. The van der Waals surface area contributed by atoms with Crippen molar-refractivity contribution in [3.05, 3.63) is 12.7 Å². The first-order valence-electron chi connectivity index (χ1n) is 6.30. The Hall–Kier alpha value is -1.60. The number of rotatable bonds is 6. The highest BCUT2D eigenvalue weighted by Crippen LogP contribution is 2.03. The Balaban J connectivity index is 2.42. The molecular formula is C12H21N3O4. The third-order valence-corrected chi connectivity index (χ3v) is 3.07. The molecular weight excluding hydrogens is 250 g/mol. The maximum absolute atomic E-state index is 11.9. The zero-order chi connectivity index (χ0) is 14.3. The maximum atomic E-state index is 11.9. The molecule has 0 aromatic rings. The Kier molecular flexibility index (Phi) is 6.31. The van der Waals surface area contributed by atoms with Crippen LogP contribution in [0.15, 0.2) is 12.7 Å². The average Bonchev–Trinajstić information content (AvgIpc) is 2.39. The Morgan fingerprint density at radius 2 is 1.95 bits per heavy atom. The van der Waals surface area contributed by atoms with Gasteiger partial charge in [-0.1, -0.05) is 6.08 Å². The topological polar surface area (TPSA) is 93.1 Å². The highest BCUT2D eigenvalue weighted by atomic mass is 16.4. The van der Waals surface area contributed by atoms with Crippen LogP contribution in [-0.2, 0) is 4.79 Å². The predicted molar refractivity (Wildman–Crippen MR) is 69.9 cm³/mol. The number of carbonyl (C=O) groups excluding carboxylic acids is 1. The molecule has 0 bridgehead atoms. The van der Waals surface area contributed by atoms with Crippen LogP contribution in [0.4, 0.5) is 4.79 Å². The fourth-order valence-corrected chi connectivity index (χ4v) is 1.94. The Morgan fingerprint density at radius 3 is 2.42 bits per heavy atom. The molecule has 2 amide bonds. The van der Waals surface area contributed by atoms with Gasteiger partial charge in [-0.15, -0.1) is 6.58 Å². The van der Waals surface area contributed by atoms with E-state index in [9.17, 15) is 9.59 Å². The van der Waals surface area contributed by atoms with Crippen molar-refractivity contribution in [2.75, 3.05) is 39.3 Å². The zero-order valence-electron chi connectivity index (χ0n) is 10.9. The molecule has 1 fully saturated rings. The lowest BCUT2D eigenvalue weighted by molar-refractivity contribution is -0.139. The molecule has 1 heterocycles. The van der Waals surface area contributed by atoms with E-state index in [1.165, 1.54) is 6.08 Å². The molecule has 0 spiro atoms. The lowest BCUT2D eigenvalue weighted by Gasteiger charge is -2.34. The van der Waals surface area contributed by atoms with E-state index in [1.54, 1.807) is 4.90 Å². The lowest BCUT2D eigenvalue weighted by Crippen LogP contribution is -2.54. The molecule has 19 heavy (non-hydrogen) atoms. The number of hydrogen-bond acceptors (Lipinski definition) is 4. The lowest BCUT2D eigenvalue weighted by atomic mass is 10.2. The summed E-state index contributed by atoms with van der Waals surface area (Å²) in [7, 11) is 0. The molecule has 108 valence electrons. The van der Waals surface area contributed by atoms with Gasteiger partial charge in [-0.2, -0.15) is 0 Å². The van der Waals surface area contributed by atoms with E-state index in [0.29, 0.717) is 32.7 Å². The molecule has 0 aliphatic carbocycles. The van der Waals surface area contributed by atoms with Crippen LogP contribution >= 0.6 is 0 Å². The first kappa shape index (κ1) is 15.5. The smallest absolute Gasteiger partial charge is 0.326 e. The standard InChI is InChI=1S/C12H21N3O4/c1-2-3-10(11(17)18)13-12(19)15-6-4-14(5-7-15)8-9-16/h2,10,16H,1,3-9H2,(H,13,19)(H,17,18). The highest BCUT2D eigenvalue weighted by molar-refractivity contribution is 5.82. The molecule has 1 rings (SSSR count). The normalized spacial score (nSPS) is 17.8. The van der Waals surface area contributed by atoms with Gasteiger partial charge >= 0.3 is 12.0 Å². The van der Waals surface area contributed by atoms with Crippen LogP contribution in [0, 0.1) is 0 Å². The summed E-state index contributed by atoms with van der Waals surface area (Å²) >= 11 is 0. The van der Waals surface area contributed by atoms with Crippen molar-refractivity contribution in [1.29, 1.82) is 0 Å². The molecule has 7 heteroatoms. The molecule has 0 aromatic carbocycles. The number of aliphatic carboxylic acids is 1. The van der Waals surface area contributed by atoms with Crippen LogP contribution in [0.25, 0.3) is 0 Å². The third-order valence-electron chi connectivity index (χ3n) is 3.07. The van der Waals surface area contributed by atoms with Crippen LogP contribution in [0.1, 0.15) is 6.42 Å². The number of hydrogen-bond donors (Lipinski definition) is 3. The highest BCUT2D eigenvalue weighted by Gasteiger charge is 2.24. The van der Waals surface area contributed by atoms with Gasteiger partial charge < -0.3 is 20.4 Å². The summed E-state index contributed by atoms with van der Waals surface area (Å²) in [5.74, 6) is -1.06. The molecule has 1 aliphatic heterocycles. The molecule has 0 radical (unpaired) electrons. The summed E-state index contributed by atoms with van der Waals surface area (Å²) in [5, 5.41) is 20.3. The first-order valence-corrected chi connectivity index (χ1v) is 6.30. The van der Waals surface area contributed by atoms with Crippen molar-refractivity contribution in [1.82, 2.24) is 15.1 Å². The molecule has 1 aliphatic rings. The first-order chi connectivity index (χ1) is 9.08.